The predicted octanol–water partition coefficient (Wildman–Crippen LogP) is 5.68. The Hall–Kier alpha value is -1.06. The Bertz CT molecular complexity index is 540. The van der Waals surface area contributed by atoms with Gasteiger partial charge in [0.25, 0.3) is 0 Å². The first-order valence-electron chi connectivity index (χ1n) is 9.96. The number of anilines is 1. The molecule has 1 amide bonds. The number of likely N-dealkylation sites (tertiary alicyclic amines) is 1. The Balaban J connectivity index is 1.58. The van der Waals surface area contributed by atoms with Gasteiger partial charge in [0.05, 0.1) is 0 Å². The number of piperidine rings is 1. The number of amides is 1. The molecule has 1 aliphatic heterocycles. The Morgan fingerprint density at radius 1 is 1.16 bits per heavy atom. The molecule has 138 valence electrons. The fraction of sp³-hybridized carbons (Fsp3) is 0.667. The molecule has 0 unspecified atom stereocenters. The first kappa shape index (κ1) is 18.7. The topological polar surface area (TPSA) is 23.6 Å². The fourth-order valence-corrected chi connectivity index (χ4v) is 5.05. The van der Waals surface area contributed by atoms with Crippen LogP contribution in [0, 0.1) is 5.92 Å². The van der Waals surface area contributed by atoms with Gasteiger partial charge in [0, 0.05) is 30.9 Å². The van der Waals surface area contributed by atoms with Crippen molar-refractivity contribution in [3.63, 3.8) is 0 Å². The van der Waals surface area contributed by atoms with Crippen LogP contribution in [-0.4, -0.2) is 35.4 Å². The van der Waals surface area contributed by atoms with Gasteiger partial charge in [0.2, 0.25) is 0 Å². The Labute approximate surface area is 157 Å². The van der Waals surface area contributed by atoms with E-state index < -0.39 is 0 Å². The number of rotatable bonds is 5. The second kappa shape index (κ2) is 9.05. The minimum Gasteiger partial charge on any atom is -0.300 e. The molecular weight excluding hydrogens is 332 g/mol. The molecule has 0 aromatic heterocycles. The highest BCUT2D eigenvalue weighted by molar-refractivity contribution is 6.66. The van der Waals surface area contributed by atoms with E-state index in [1.165, 1.54) is 38.5 Å². The van der Waals surface area contributed by atoms with Gasteiger partial charge >= 0.3 is 5.37 Å². The molecular formula is C21H31ClN2O. The van der Waals surface area contributed by atoms with Gasteiger partial charge in [-0.25, -0.2) is 0 Å². The van der Waals surface area contributed by atoms with Crippen LogP contribution in [0.4, 0.5) is 10.5 Å². The van der Waals surface area contributed by atoms with Crippen LogP contribution in [0.3, 0.4) is 0 Å². The number of benzene rings is 1. The SMILES string of the molecule is CCC[C@H]1CCC[C@H](N2CCC(N(C(=O)Cl)c3ccccc3)CC2)C1. The van der Waals surface area contributed by atoms with Crippen molar-refractivity contribution >= 4 is 22.7 Å². The zero-order chi connectivity index (χ0) is 17.6. The third-order valence-electron chi connectivity index (χ3n) is 6.06. The molecule has 3 rings (SSSR count). The number of carbonyl (C=O) groups excluding carboxylic acids is 1. The molecule has 0 spiro atoms. The lowest BCUT2D eigenvalue weighted by atomic mass is 9.82. The van der Waals surface area contributed by atoms with E-state index in [9.17, 15) is 4.79 Å². The van der Waals surface area contributed by atoms with Gasteiger partial charge in [0.1, 0.15) is 0 Å². The summed E-state index contributed by atoms with van der Waals surface area (Å²) in [5.41, 5.74) is 0.918. The molecule has 1 heterocycles. The number of hydrogen-bond acceptors (Lipinski definition) is 2. The highest BCUT2D eigenvalue weighted by Crippen LogP contribution is 2.33. The van der Waals surface area contributed by atoms with Gasteiger partial charge in [-0.3, -0.25) is 9.69 Å². The maximum absolute atomic E-state index is 12.0. The molecule has 3 nitrogen and oxygen atoms in total. The average molecular weight is 363 g/mol. The summed E-state index contributed by atoms with van der Waals surface area (Å²) in [6.45, 7) is 4.47. The molecule has 4 heteroatoms. The van der Waals surface area contributed by atoms with Crippen molar-refractivity contribution in [3.8, 4) is 0 Å². The summed E-state index contributed by atoms with van der Waals surface area (Å²) in [6.07, 6.45) is 10.2. The Morgan fingerprint density at radius 2 is 1.88 bits per heavy atom. The van der Waals surface area contributed by atoms with Crippen LogP contribution < -0.4 is 4.90 Å². The molecule has 2 fully saturated rings. The lowest BCUT2D eigenvalue weighted by Crippen LogP contribution is -2.50. The predicted molar refractivity (Wildman–Crippen MR) is 105 cm³/mol. The number of halogens is 1. The minimum absolute atomic E-state index is 0.221. The van der Waals surface area contributed by atoms with E-state index in [1.54, 1.807) is 4.90 Å². The quantitative estimate of drug-likeness (QED) is 0.497. The van der Waals surface area contributed by atoms with Crippen molar-refractivity contribution in [2.45, 2.75) is 70.4 Å². The molecule has 1 aromatic rings. The summed E-state index contributed by atoms with van der Waals surface area (Å²) in [5.74, 6) is 0.923. The van der Waals surface area contributed by atoms with Gasteiger partial charge in [0.15, 0.2) is 0 Å². The second-order valence-corrected chi connectivity index (χ2v) is 8.02. The first-order chi connectivity index (χ1) is 12.2. The zero-order valence-electron chi connectivity index (χ0n) is 15.4. The van der Waals surface area contributed by atoms with E-state index >= 15 is 0 Å². The summed E-state index contributed by atoms with van der Waals surface area (Å²) in [6, 6.07) is 10.8. The van der Waals surface area contributed by atoms with Crippen LogP contribution in [0.2, 0.25) is 0 Å². The van der Waals surface area contributed by atoms with Gasteiger partial charge < -0.3 is 4.90 Å². The van der Waals surface area contributed by atoms with E-state index in [1.807, 2.05) is 30.3 Å². The molecule has 1 aromatic carbocycles. The van der Waals surface area contributed by atoms with E-state index in [0.717, 1.165) is 43.6 Å². The van der Waals surface area contributed by atoms with Crippen LogP contribution >= 0.6 is 11.6 Å². The van der Waals surface area contributed by atoms with Crippen molar-refractivity contribution in [2.24, 2.45) is 5.92 Å². The van der Waals surface area contributed by atoms with Gasteiger partial charge in [-0.2, -0.15) is 0 Å². The highest BCUT2D eigenvalue weighted by Gasteiger charge is 2.32. The van der Waals surface area contributed by atoms with Crippen LogP contribution in [-0.2, 0) is 0 Å². The molecule has 1 aliphatic carbocycles. The fourth-order valence-electron chi connectivity index (χ4n) is 4.82. The lowest BCUT2D eigenvalue weighted by Gasteiger charge is -2.43. The average Bonchev–Trinajstić information content (AvgIpc) is 2.64. The molecule has 2 atom stereocenters. The highest BCUT2D eigenvalue weighted by atomic mass is 35.5. The van der Waals surface area contributed by atoms with Crippen LogP contribution in [0.1, 0.15) is 58.3 Å². The van der Waals surface area contributed by atoms with E-state index in [0.29, 0.717) is 0 Å². The third-order valence-corrected chi connectivity index (χ3v) is 6.24. The van der Waals surface area contributed by atoms with Crippen molar-refractivity contribution in [2.75, 3.05) is 18.0 Å². The van der Waals surface area contributed by atoms with Gasteiger partial charge in [-0.1, -0.05) is 50.8 Å². The smallest absolute Gasteiger partial charge is 0.300 e. The summed E-state index contributed by atoms with van der Waals surface area (Å²) >= 11 is 5.92. The van der Waals surface area contributed by atoms with Crippen LogP contribution in [0.25, 0.3) is 0 Å². The van der Waals surface area contributed by atoms with E-state index in [2.05, 4.69) is 11.8 Å². The van der Waals surface area contributed by atoms with Crippen LogP contribution in [0.5, 0.6) is 0 Å². The maximum Gasteiger partial charge on any atom is 0.321 e. The maximum atomic E-state index is 12.0. The molecule has 0 N–H and O–H groups in total. The second-order valence-electron chi connectivity index (χ2n) is 7.70. The van der Waals surface area contributed by atoms with Crippen molar-refractivity contribution in [1.29, 1.82) is 0 Å². The van der Waals surface area contributed by atoms with Gasteiger partial charge in [-0.15, -0.1) is 0 Å². The van der Waals surface area contributed by atoms with E-state index in [4.69, 9.17) is 11.6 Å². The number of hydrogen-bond donors (Lipinski definition) is 0. The lowest BCUT2D eigenvalue weighted by molar-refractivity contribution is 0.0999. The molecule has 2 aliphatic rings. The Kier molecular flexibility index (Phi) is 6.77. The number of nitrogens with zero attached hydrogens (tertiary/aromatic N) is 2. The summed E-state index contributed by atoms with van der Waals surface area (Å²) in [7, 11) is 0. The van der Waals surface area contributed by atoms with Crippen molar-refractivity contribution in [1.82, 2.24) is 4.90 Å². The van der Waals surface area contributed by atoms with Crippen molar-refractivity contribution < 1.29 is 4.79 Å². The molecule has 1 saturated carbocycles. The zero-order valence-corrected chi connectivity index (χ0v) is 16.1. The normalized spacial score (nSPS) is 25.7. The number of carbonyl (C=O) groups is 1. The molecule has 1 saturated heterocycles. The molecule has 0 bridgehead atoms. The summed E-state index contributed by atoms with van der Waals surface area (Å²) in [4.78, 5) is 16.5. The minimum atomic E-state index is -0.356. The third kappa shape index (κ3) is 4.77. The largest absolute Gasteiger partial charge is 0.321 e. The van der Waals surface area contributed by atoms with Gasteiger partial charge in [-0.05, 0) is 55.3 Å². The van der Waals surface area contributed by atoms with Crippen LogP contribution in [0.15, 0.2) is 30.3 Å². The molecule has 25 heavy (non-hydrogen) atoms. The van der Waals surface area contributed by atoms with Crippen molar-refractivity contribution in [3.05, 3.63) is 30.3 Å². The monoisotopic (exact) mass is 362 g/mol. The number of para-hydroxylation sites is 1. The first-order valence-corrected chi connectivity index (χ1v) is 10.3. The Morgan fingerprint density at radius 3 is 2.52 bits per heavy atom. The summed E-state index contributed by atoms with van der Waals surface area (Å²) < 4.78 is 0. The standard InChI is InChI=1S/C21H31ClN2O/c1-2-7-17-8-6-11-20(16-17)23-14-12-19(13-15-23)24(21(22)25)18-9-4-3-5-10-18/h3-5,9-10,17,19-20H,2,6-8,11-16H2,1H3/t17-,20-/m0/s1. The van der Waals surface area contributed by atoms with E-state index in [-0.39, 0.29) is 11.4 Å². The molecule has 0 radical (unpaired) electrons. The summed E-state index contributed by atoms with van der Waals surface area (Å²) in [5, 5.41) is -0.356.